The fraction of sp³-hybridized carbons (Fsp3) is 0.385. The number of sulfonamides is 1. The topological polar surface area (TPSA) is 59.3 Å². The summed E-state index contributed by atoms with van der Waals surface area (Å²) in [4.78, 5) is 0. The SMILES string of the molecule is CSCC[C@H](C)NS(=O)(=O)c1cc2ccccc2o1. The highest BCUT2D eigenvalue weighted by atomic mass is 32.2. The fourth-order valence-corrected chi connectivity index (χ4v) is 3.60. The molecular formula is C13H17NO3S2. The van der Waals surface area contributed by atoms with Gasteiger partial charge in [0.1, 0.15) is 5.58 Å². The van der Waals surface area contributed by atoms with Crippen molar-refractivity contribution in [2.75, 3.05) is 12.0 Å². The molecule has 104 valence electrons. The van der Waals surface area contributed by atoms with Crippen LogP contribution in [-0.2, 0) is 10.0 Å². The van der Waals surface area contributed by atoms with Gasteiger partial charge in [-0.05, 0) is 31.4 Å². The second-order valence-corrected chi connectivity index (χ2v) is 7.04. The predicted molar refractivity (Wildman–Crippen MR) is 79.0 cm³/mol. The molecule has 0 bridgehead atoms. The van der Waals surface area contributed by atoms with Crippen LogP contribution in [0.3, 0.4) is 0 Å². The van der Waals surface area contributed by atoms with Crippen molar-refractivity contribution in [2.24, 2.45) is 0 Å². The third-order valence-corrected chi connectivity index (χ3v) is 4.87. The van der Waals surface area contributed by atoms with E-state index in [0.717, 1.165) is 17.6 Å². The maximum absolute atomic E-state index is 12.2. The molecule has 1 N–H and O–H groups in total. The Balaban J connectivity index is 2.19. The normalized spacial score (nSPS) is 13.8. The zero-order valence-electron chi connectivity index (χ0n) is 10.9. The summed E-state index contributed by atoms with van der Waals surface area (Å²) >= 11 is 1.70. The van der Waals surface area contributed by atoms with Crippen molar-refractivity contribution in [3.8, 4) is 0 Å². The van der Waals surface area contributed by atoms with Crippen molar-refractivity contribution in [2.45, 2.75) is 24.5 Å². The standard InChI is InChI=1S/C13H17NO3S2/c1-10(7-8-18-2)14-19(15,16)13-9-11-5-3-4-6-12(11)17-13/h3-6,9-10,14H,7-8H2,1-2H3/t10-/m0/s1. The molecule has 0 aliphatic carbocycles. The second-order valence-electron chi connectivity index (χ2n) is 4.41. The molecule has 6 heteroatoms. The van der Waals surface area contributed by atoms with E-state index < -0.39 is 10.0 Å². The van der Waals surface area contributed by atoms with Crippen molar-refractivity contribution in [3.63, 3.8) is 0 Å². The van der Waals surface area contributed by atoms with Gasteiger partial charge in [0.05, 0.1) is 0 Å². The fourth-order valence-electron chi connectivity index (χ4n) is 1.77. The molecule has 0 aliphatic rings. The number of benzene rings is 1. The van der Waals surface area contributed by atoms with Crippen molar-refractivity contribution < 1.29 is 12.8 Å². The van der Waals surface area contributed by atoms with Crippen molar-refractivity contribution in [3.05, 3.63) is 30.3 Å². The number of hydrogen-bond donors (Lipinski definition) is 1. The van der Waals surface area contributed by atoms with Crippen LogP contribution in [0, 0.1) is 0 Å². The Morgan fingerprint density at radius 3 is 2.79 bits per heavy atom. The number of rotatable bonds is 6. The van der Waals surface area contributed by atoms with Crippen molar-refractivity contribution >= 4 is 32.8 Å². The van der Waals surface area contributed by atoms with E-state index in [9.17, 15) is 8.42 Å². The van der Waals surface area contributed by atoms with E-state index in [2.05, 4.69) is 4.72 Å². The average Bonchev–Trinajstić information content (AvgIpc) is 2.80. The van der Waals surface area contributed by atoms with Crippen LogP contribution in [0.15, 0.2) is 39.8 Å². The zero-order chi connectivity index (χ0) is 13.9. The van der Waals surface area contributed by atoms with Crippen LogP contribution >= 0.6 is 11.8 Å². The van der Waals surface area contributed by atoms with E-state index in [1.165, 1.54) is 0 Å². The van der Waals surface area contributed by atoms with Gasteiger partial charge in [-0.3, -0.25) is 0 Å². The van der Waals surface area contributed by atoms with Gasteiger partial charge < -0.3 is 4.42 Å². The molecular weight excluding hydrogens is 282 g/mol. The summed E-state index contributed by atoms with van der Waals surface area (Å²) in [5.41, 5.74) is 0.583. The van der Waals surface area contributed by atoms with Crippen LogP contribution in [0.4, 0.5) is 0 Å². The molecule has 0 amide bonds. The third-order valence-electron chi connectivity index (χ3n) is 2.78. The lowest BCUT2D eigenvalue weighted by Gasteiger charge is -2.11. The quantitative estimate of drug-likeness (QED) is 0.891. The summed E-state index contributed by atoms with van der Waals surface area (Å²) in [6, 6.07) is 8.70. The maximum atomic E-state index is 12.2. The van der Waals surface area contributed by atoms with Crippen molar-refractivity contribution in [1.82, 2.24) is 4.72 Å². The molecule has 0 unspecified atom stereocenters. The summed E-state index contributed by atoms with van der Waals surface area (Å²) in [7, 11) is -3.58. The Labute approximate surface area is 117 Å². The summed E-state index contributed by atoms with van der Waals surface area (Å²) in [5, 5.41) is 0.768. The molecule has 0 aliphatic heterocycles. The van der Waals surface area contributed by atoms with E-state index in [-0.39, 0.29) is 11.1 Å². The van der Waals surface area contributed by atoms with Gasteiger partial charge in [0.15, 0.2) is 0 Å². The zero-order valence-corrected chi connectivity index (χ0v) is 12.6. The van der Waals surface area contributed by atoms with Gasteiger partial charge in [-0.25, -0.2) is 13.1 Å². The lowest BCUT2D eigenvalue weighted by atomic mass is 10.3. The molecule has 19 heavy (non-hydrogen) atoms. The number of para-hydroxylation sites is 1. The minimum atomic E-state index is -3.58. The van der Waals surface area contributed by atoms with E-state index in [4.69, 9.17) is 4.42 Å². The largest absolute Gasteiger partial charge is 0.443 e. The Morgan fingerprint density at radius 2 is 2.11 bits per heavy atom. The van der Waals surface area contributed by atoms with Gasteiger partial charge in [-0.15, -0.1) is 0 Å². The lowest BCUT2D eigenvalue weighted by Crippen LogP contribution is -2.32. The Bertz CT molecular complexity index is 616. The number of thioether (sulfide) groups is 1. The van der Waals surface area contributed by atoms with Crippen LogP contribution < -0.4 is 4.72 Å². The monoisotopic (exact) mass is 299 g/mol. The first-order chi connectivity index (χ1) is 9.03. The minimum Gasteiger partial charge on any atom is -0.443 e. The average molecular weight is 299 g/mol. The number of hydrogen-bond acceptors (Lipinski definition) is 4. The minimum absolute atomic E-state index is 0.0234. The number of fused-ring (bicyclic) bond motifs is 1. The molecule has 2 aromatic rings. The number of nitrogens with one attached hydrogen (secondary N) is 1. The van der Waals surface area contributed by atoms with E-state index in [1.54, 1.807) is 23.9 Å². The summed E-state index contributed by atoms with van der Waals surface area (Å²) in [6.45, 7) is 1.86. The van der Waals surface area contributed by atoms with Crippen molar-refractivity contribution in [1.29, 1.82) is 0 Å². The third kappa shape index (κ3) is 3.52. The molecule has 0 spiro atoms. The smallest absolute Gasteiger partial charge is 0.274 e. The number of furan rings is 1. The van der Waals surface area contributed by atoms with Gasteiger partial charge in [-0.2, -0.15) is 11.8 Å². The lowest BCUT2D eigenvalue weighted by molar-refractivity contribution is 0.469. The summed E-state index contributed by atoms with van der Waals surface area (Å²) in [6.07, 6.45) is 2.79. The molecule has 1 aromatic carbocycles. The van der Waals surface area contributed by atoms with Gasteiger partial charge in [0.25, 0.3) is 10.0 Å². The second kappa shape index (κ2) is 5.98. The molecule has 1 aromatic heterocycles. The van der Waals surface area contributed by atoms with Crippen LogP contribution in [0.5, 0.6) is 0 Å². The van der Waals surface area contributed by atoms with E-state index >= 15 is 0 Å². The molecule has 0 radical (unpaired) electrons. The van der Waals surface area contributed by atoms with Gasteiger partial charge in [-0.1, -0.05) is 18.2 Å². The van der Waals surface area contributed by atoms with E-state index in [1.807, 2.05) is 31.4 Å². The molecule has 1 heterocycles. The maximum Gasteiger partial charge on any atom is 0.274 e. The molecule has 2 rings (SSSR count). The first kappa shape index (κ1) is 14.4. The van der Waals surface area contributed by atoms with Gasteiger partial charge in [0.2, 0.25) is 5.09 Å². The highest BCUT2D eigenvalue weighted by Gasteiger charge is 2.21. The Morgan fingerprint density at radius 1 is 1.37 bits per heavy atom. The molecule has 0 saturated carbocycles. The highest BCUT2D eigenvalue weighted by Crippen LogP contribution is 2.22. The van der Waals surface area contributed by atoms with Gasteiger partial charge in [0, 0.05) is 17.5 Å². The first-order valence-electron chi connectivity index (χ1n) is 6.03. The van der Waals surface area contributed by atoms with Gasteiger partial charge >= 0.3 is 0 Å². The molecule has 0 saturated heterocycles. The summed E-state index contributed by atoms with van der Waals surface area (Å²) < 4.78 is 32.3. The Hall–Kier alpha value is -0.980. The molecule has 4 nitrogen and oxygen atoms in total. The van der Waals surface area contributed by atoms with Crippen LogP contribution in [-0.4, -0.2) is 26.5 Å². The highest BCUT2D eigenvalue weighted by molar-refractivity contribution is 7.98. The Kier molecular flexibility index (Phi) is 4.54. The van der Waals surface area contributed by atoms with E-state index in [0.29, 0.717) is 5.58 Å². The molecule has 1 atom stereocenters. The first-order valence-corrected chi connectivity index (χ1v) is 8.90. The molecule has 0 fully saturated rings. The van der Waals surface area contributed by atoms with Crippen LogP contribution in [0.25, 0.3) is 11.0 Å². The summed E-state index contributed by atoms with van der Waals surface area (Å²) in [5.74, 6) is 0.920. The van der Waals surface area contributed by atoms with Crippen LogP contribution in [0.1, 0.15) is 13.3 Å². The van der Waals surface area contributed by atoms with Crippen LogP contribution in [0.2, 0.25) is 0 Å². The predicted octanol–water partition coefficient (Wildman–Crippen LogP) is 2.85.